The van der Waals surface area contributed by atoms with E-state index in [2.05, 4.69) is 4.72 Å². The number of hydrogen-bond donors (Lipinski definition) is 5. The van der Waals surface area contributed by atoms with E-state index in [1.54, 1.807) is 30.5 Å². The van der Waals surface area contributed by atoms with Gasteiger partial charge in [0.05, 0.1) is 30.0 Å². The zero-order valence-corrected chi connectivity index (χ0v) is 24.9. The third-order valence-electron chi connectivity index (χ3n) is 7.11. The predicted molar refractivity (Wildman–Crippen MR) is 162 cm³/mol. The number of halogens is 2. The summed E-state index contributed by atoms with van der Waals surface area (Å²) in [6, 6.07) is 16.5. The van der Waals surface area contributed by atoms with E-state index in [9.17, 15) is 37.3 Å². The van der Waals surface area contributed by atoms with Gasteiger partial charge in [0.15, 0.2) is 0 Å². The van der Waals surface area contributed by atoms with E-state index in [1.807, 2.05) is 0 Å². The van der Waals surface area contributed by atoms with Gasteiger partial charge in [-0.1, -0.05) is 38.1 Å². The van der Waals surface area contributed by atoms with Crippen molar-refractivity contribution in [3.63, 3.8) is 0 Å². The van der Waals surface area contributed by atoms with Crippen molar-refractivity contribution in [2.45, 2.75) is 62.7 Å². The van der Waals surface area contributed by atoms with Gasteiger partial charge in [-0.05, 0) is 78.4 Å². The zero-order chi connectivity index (χ0) is 32.2. The van der Waals surface area contributed by atoms with Crippen molar-refractivity contribution in [1.82, 2.24) is 4.57 Å². The number of carboxylic acids is 1. The lowest BCUT2D eigenvalue weighted by atomic mass is 10.00. The van der Waals surface area contributed by atoms with E-state index in [0.29, 0.717) is 22.5 Å². The van der Waals surface area contributed by atoms with Crippen LogP contribution in [-0.2, 0) is 21.4 Å². The Morgan fingerprint density at radius 3 is 2.00 bits per heavy atom. The van der Waals surface area contributed by atoms with Crippen LogP contribution in [0.3, 0.4) is 0 Å². The van der Waals surface area contributed by atoms with Crippen LogP contribution in [0, 0.1) is 11.6 Å². The van der Waals surface area contributed by atoms with Gasteiger partial charge < -0.3 is 25.0 Å². The third kappa shape index (κ3) is 7.44. The van der Waals surface area contributed by atoms with E-state index >= 15 is 0 Å². The molecule has 0 unspecified atom stereocenters. The molecule has 0 bridgehead atoms. The van der Waals surface area contributed by atoms with Crippen molar-refractivity contribution in [2.75, 3.05) is 4.72 Å². The molecule has 5 N–H and O–H groups in total. The molecule has 0 aliphatic heterocycles. The molecule has 0 aliphatic carbocycles. The first-order chi connectivity index (χ1) is 20.8. The van der Waals surface area contributed by atoms with Crippen LogP contribution in [0.15, 0.2) is 77.7 Å². The molecule has 0 fully saturated rings. The Balaban J connectivity index is 1.98. The Hall–Kier alpha value is -4.26. The Bertz CT molecular complexity index is 1720. The van der Waals surface area contributed by atoms with Crippen molar-refractivity contribution in [1.29, 1.82) is 0 Å². The number of carboxylic acid groups (broad SMARTS) is 1. The Morgan fingerprint density at radius 2 is 1.45 bits per heavy atom. The number of aliphatic hydroxyl groups is 2. The molecule has 4 rings (SSSR count). The molecule has 12 heteroatoms. The summed E-state index contributed by atoms with van der Waals surface area (Å²) in [7, 11) is -4.46. The van der Waals surface area contributed by atoms with Crippen LogP contribution in [-0.4, -0.2) is 51.6 Å². The highest BCUT2D eigenvalue weighted by Crippen LogP contribution is 2.45. The Kier molecular flexibility index (Phi) is 10.1. The van der Waals surface area contributed by atoms with Gasteiger partial charge in [0, 0.05) is 17.8 Å². The number of sulfonamides is 1. The topological polar surface area (TPSA) is 149 Å². The van der Waals surface area contributed by atoms with Gasteiger partial charge in [-0.2, -0.15) is 0 Å². The smallest absolute Gasteiger partial charge is 0.305 e. The van der Waals surface area contributed by atoms with E-state index < -0.39 is 52.2 Å². The molecule has 234 valence electrons. The Labute approximate surface area is 254 Å². The maximum Gasteiger partial charge on any atom is 0.305 e. The second-order valence-electron chi connectivity index (χ2n) is 10.8. The quantitative estimate of drug-likeness (QED) is 0.119. The number of aliphatic carboxylic acids is 1. The van der Waals surface area contributed by atoms with Crippen LogP contribution in [0.25, 0.3) is 22.4 Å². The normalized spacial score (nSPS) is 13.2. The lowest BCUT2D eigenvalue weighted by Gasteiger charge is -2.20. The van der Waals surface area contributed by atoms with Crippen molar-refractivity contribution in [3.05, 3.63) is 90.1 Å². The highest BCUT2D eigenvalue weighted by Gasteiger charge is 2.34. The number of nitrogens with zero attached hydrogens (tertiary/aromatic N) is 1. The molecule has 1 heterocycles. The van der Waals surface area contributed by atoms with Crippen molar-refractivity contribution < 1.29 is 42.4 Å². The third-order valence-corrected chi connectivity index (χ3v) is 8.55. The van der Waals surface area contributed by atoms with Crippen LogP contribution >= 0.6 is 0 Å². The lowest BCUT2D eigenvalue weighted by Crippen LogP contribution is -2.22. The molecule has 2 atom stereocenters. The standard InChI is InChI=1S/C32H34F2N2O7S/c1-19(2)30-32(44(42,43)35-26-5-3-4-6-27(26)39)29(20-7-11-22(33)12-8-20)31(21-9-13-23(34)14-10-21)36(30)16-15-24(37)17-25(38)18-28(40)41/h3-14,19,24-25,35,37-39H,15-18H2,1-2H3,(H,40,41)/t24-,25-/m1/s1. The molecule has 3 aromatic carbocycles. The fourth-order valence-electron chi connectivity index (χ4n) is 5.23. The number of nitrogens with one attached hydrogen (secondary N) is 1. The van der Waals surface area contributed by atoms with Crippen molar-refractivity contribution >= 4 is 21.7 Å². The van der Waals surface area contributed by atoms with Gasteiger partial charge in [0.25, 0.3) is 10.0 Å². The SMILES string of the molecule is CC(C)c1c(S(=O)(=O)Nc2ccccc2O)c(-c2ccc(F)cc2)c(-c2ccc(F)cc2)n1CC[C@@H](O)C[C@@H](O)CC(=O)O. The first-order valence-corrected chi connectivity index (χ1v) is 15.4. The van der Waals surface area contributed by atoms with E-state index in [-0.39, 0.29) is 41.3 Å². The Morgan fingerprint density at radius 1 is 0.886 bits per heavy atom. The number of phenols is 1. The summed E-state index contributed by atoms with van der Waals surface area (Å²) in [5, 5.41) is 40.1. The number of para-hydroxylation sites is 2. The summed E-state index contributed by atoms with van der Waals surface area (Å²) in [5.74, 6) is -3.01. The molecule has 4 aromatic rings. The van der Waals surface area contributed by atoms with Gasteiger partial charge in [-0.25, -0.2) is 17.2 Å². The van der Waals surface area contributed by atoms with Gasteiger partial charge >= 0.3 is 5.97 Å². The maximum absolute atomic E-state index is 14.3. The molecular formula is C32H34F2N2O7S. The number of hydrogen-bond acceptors (Lipinski definition) is 6. The van der Waals surface area contributed by atoms with Crippen LogP contribution in [0.1, 0.15) is 44.7 Å². The molecule has 44 heavy (non-hydrogen) atoms. The number of aliphatic hydroxyl groups excluding tert-OH is 2. The summed E-state index contributed by atoms with van der Waals surface area (Å²) in [6.07, 6.45) is -3.19. The van der Waals surface area contributed by atoms with E-state index in [1.165, 1.54) is 60.7 Å². The molecule has 0 aliphatic rings. The highest BCUT2D eigenvalue weighted by molar-refractivity contribution is 7.93. The van der Waals surface area contributed by atoms with E-state index in [0.717, 1.165) is 0 Å². The second-order valence-corrected chi connectivity index (χ2v) is 12.4. The minimum atomic E-state index is -4.46. The summed E-state index contributed by atoms with van der Waals surface area (Å²) in [4.78, 5) is 10.8. The first-order valence-electron chi connectivity index (χ1n) is 14.0. The minimum absolute atomic E-state index is 0.00845. The van der Waals surface area contributed by atoms with Crippen LogP contribution < -0.4 is 4.72 Å². The number of aromatic hydroxyl groups is 1. The average Bonchev–Trinajstić information content (AvgIpc) is 3.30. The molecule has 0 amide bonds. The lowest BCUT2D eigenvalue weighted by molar-refractivity contribution is -0.139. The largest absolute Gasteiger partial charge is 0.506 e. The molecule has 0 spiro atoms. The molecule has 9 nitrogen and oxygen atoms in total. The monoisotopic (exact) mass is 628 g/mol. The summed E-state index contributed by atoms with van der Waals surface area (Å²) < 4.78 is 60.8. The second kappa shape index (κ2) is 13.6. The van der Waals surface area contributed by atoms with Gasteiger partial charge in [0.2, 0.25) is 0 Å². The van der Waals surface area contributed by atoms with Gasteiger partial charge in [-0.15, -0.1) is 0 Å². The summed E-state index contributed by atoms with van der Waals surface area (Å²) >= 11 is 0. The highest BCUT2D eigenvalue weighted by atomic mass is 32.2. The molecular weight excluding hydrogens is 594 g/mol. The van der Waals surface area contributed by atoms with Crippen LogP contribution in [0.5, 0.6) is 5.75 Å². The number of phenolic OH excluding ortho intramolecular Hbond substituents is 1. The number of carbonyl (C=O) groups is 1. The molecule has 1 aromatic heterocycles. The molecule has 0 radical (unpaired) electrons. The number of anilines is 1. The zero-order valence-electron chi connectivity index (χ0n) is 24.1. The maximum atomic E-state index is 14.3. The summed E-state index contributed by atoms with van der Waals surface area (Å²) in [5.41, 5.74) is 1.61. The number of benzene rings is 3. The van der Waals surface area contributed by atoms with Crippen LogP contribution in [0.4, 0.5) is 14.5 Å². The molecule has 0 saturated heterocycles. The first kappa shape index (κ1) is 32.6. The van der Waals surface area contributed by atoms with Crippen molar-refractivity contribution in [2.24, 2.45) is 0 Å². The number of aromatic nitrogens is 1. The average molecular weight is 629 g/mol. The number of rotatable bonds is 13. The van der Waals surface area contributed by atoms with Gasteiger partial charge in [0.1, 0.15) is 22.3 Å². The van der Waals surface area contributed by atoms with E-state index in [4.69, 9.17) is 5.11 Å². The summed E-state index contributed by atoms with van der Waals surface area (Å²) in [6.45, 7) is 3.59. The van der Waals surface area contributed by atoms with Crippen molar-refractivity contribution in [3.8, 4) is 28.1 Å². The minimum Gasteiger partial charge on any atom is -0.506 e. The van der Waals surface area contributed by atoms with Gasteiger partial charge in [-0.3, -0.25) is 9.52 Å². The molecule has 0 saturated carbocycles. The van der Waals surface area contributed by atoms with Crippen LogP contribution in [0.2, 0.25) is 0 Å². The fourth-order valence-corrected chi connectivity index (χ4v) is 6.90. The fraction of sp³-hybridized carbons (Fsp3) is 0.281. The predicted octanol–water partition coefficient (Wildman–Crippen LogP) is 5.71.